The molecule has 0 aliphatic carbocycles. The van der Waals surface area contributed by atoms with Gasteiger partial charge in [-0.1, -0.05) is 72.8 Å². The first-order valence-electron chi connectivity index (χ1n) is 9.40. The van der Waals surface area contributed by atoms with Gasteiger partial charge in [0.15, 0.2) is 23.6 Å². The van der Waals surface area contributed by atoms with Crippen LogP contribution in [0.4, 0.5) is 0 Å². The Bertz CT molecular complexity index is 1040. The summed E-state index contributed by atoms with van der Waals surface area (Å²) in [5.41, 5.74) is 1.86. The first-order chi connectivity index (χ1) is 13.6. The van der Waals surface area contributed by atoms with Crippen LogP contribution in [0, 0.1) is 5.92 Å². The lowest BCUT2D eigenvalue weighted by Gasteiger charge is -2.08. The van der Waals surface area contributed by atoms with E-state index in [9.17, 15) is 14.4 Å². The zero-order chi connectivity index (χ0) is 19.5. The number of carbonyl (C=O) groups excluding carboxylic acids is 3. The third kappa shape index (κ3) is 3.72. The normalized spacial score (nSPS) is 19.0. The zero-order valence-corrected chi connectivity index (χ0v) is 15.3. The van der Waals surface area contributed by atoms with Crippen LogP contribution in [0.2, 0.25) is 0 Å². The quantitative estimate of drug-likeness (QED) is 0.489. The summed E-state index contributed by atoms with van der Waals surface area (Å²) >= 11 is 0. The molecule has 0 radical (unpaired) electrons. The fourth-order valence-corrected chi connectivity index (χ4v) is 3.65. The molecule has 1 saturated heterocycles. The number of Topliss-reactive ketones (excluding diaryl/α,β-unsaturated/α-hetero) is 2. The van der Waals surface area contributed by atoms with Crippen molar-refractivity contribution in [3.8, 4) is 0 Å². The maximum atomic E-state index is 12.7. The third-order valence-electron chi connectivity index (χ3n) is 5.15. The van der Waals surface area contributed by atoms with E-state index in [1.807, 2.05) is 72.8 Å². The smallest absolute Gasteiger partial charge is 0.325 e. The zero-order valence-electron chi connectivity index (χ0n) is 15.3. The molecule has 0 aromatic heterocycles. The van der Waals surface area contributed by atoms with Crippen LogP contribution in [-0.4, -0.2) is 23.6 Å². The molecule has 140 valence electrons. The van der Waals surface area contributed by atoms with Crippen LogP contribution in [0.15, 0.2) is 72.8 Å². The second-order valence-electron chi connectivity index (χ2n) is 7.11. The summed E-state index contributed by atoms with van der Waals surface area (Å²) in [5.74, 6) is -2.82. The predicted molar refractivity (Wildman–Crippen MR) is 106 cm³/mol. The topological polar surface area (TPSA) is 60.4 Å². The van der Waals surface area contributed by atoms with Crippen molar-refractivity contribution in [3.05, 3.63) is 83.9 Å². The molecule has 0 N–H and O–H groups in total. The van der Waals surface area contributed by atoms with E-state index in [1.165, 1.54) is 0 Å². The summed E-state index contributed by atoms with van der Waals surface area (Å²) in [5, 5.41) is 2.10. The Morgan fingerprint density at radius 1 is 0.821 bits per heavy atom. The minimum atomic E-state index is -1.30. The molecular weight excluding hydrogens is 352 g/mol. The Balaban J connectivity index is 1.43. The van der Waals surface area contributed by atoms with Crippen LogP contribution in [0.3, 0.4) is 0 Å². The van der Waals surface area contributed by atoms with Gasteiger partial charge in [0.1, 0.15) is 0 Å². The van der Waals surface area contributed by atoms with Crippen molar-refractivity contribution < 1.29 is 19.1 Å². The van der Waals surface area contributed by atoms with E-state index in [1.54, 1.807) is 0 Å². The number of ether oxygens (including phenoxy) is 1. The van der Waals surface area contributed by atoms with Crippen LogP contribution in [0.5, 0.6) is 0 Å². The highest BCUT2D eigenvalue weighted by Crippen LogP contribution is 2.24. The molecule has 0 spiro atoms. The number of fused-ring (bicyclic) bond motifs is 1. The largest absolute Gasteiger partial charge is 0.453 e. The fourth-order valence-electron chi connectivity index (χ4n) is 3.65. The number of cyclic esters (lactones) is 1. The number of carbonyl (C=O) groups is 3. The number of benzene rings is 3. The fraction of sp³-hybridized carbons (Fsp3) is 0.208. The summed E-state index contributed by atoms with van der Waals surface area (Å²) in [7, 11) is 0. The highest BCUT2D eigenvalue weighted by atomic mass is 16.6. The minimum absolute atomic E-state index is 0.0434. The lowest BCUT2D eigenvalue weighted by Crippen LogP contribution is -2.29. The summed E-state index contributed by atoms with van der Waals surface area (Å²) in [6, 6.07) is 23.3. The van der Waals surface area contributed by atoms with Gasteiger partial charge in [-0.05, 0) is 34.7 Å². The number of aryl methyl sites for hydroxylation is 1. The van der Waals surface area contributed by atoms with Crippen molar-refractivity contribution in [2.45, 2.75) is 25.4 Å². The molecule has 4 heteroatoms. The second-order valence-corrected chi connectivity index (χ2v) is 7.11. The van der Waals surface area contributed by atoms with Crippen LogP contribution >= 0.6 is 0 Å². The lowest BCUT2D eigenvalue weighted by atomic mass is 9.91. The molecule has 3 aromatic rings. The van der Waals surface area contributed by atoms with Crippen molar-refractivity contribution in [1.82, 2.24) is 0 Å². The average molecular weight is 372 g/mol. The Hall–Kier alpha value is -3.27. The molecule has 28 heavy (non-hydrogen) atoms. The molecule has 1 aliphatic rings. The van der Waals surface area contributed by atoms with E-state index in [-0.39, 0.29) is 6.42 Å². The highest BCUT2D eigenvalue weighted by Gasteiger charge is 2.47. The van der Waals surface area contributed by atoms with E-state index in [0.717, 1.165) is 21.9 Å². The van der Waals surface area contributed by atoms with Crippen molar-refractivity contribution in [1.29, 1.82) is 0 Å². The van der Waals surface area contributed by atoms with Crippen molar-refractivity contribution >= 4 is 28.3 Å². The molecule has 2 unspecified atom stereocenters. The van der Waals surface area contributed by atoms with Gasteiger partial charge in [0.25, 0.3) is 0 Å². The molecule has 0 amide bonds. The molecule has 0 bridgehead atoms. The Morgan fingerprint density at radius 2 is 1.54 bits per heavy atom. The molecule has 4 rings (SSSR count). The lowest BCUT2D eigenvalue weighted by molar-refractivity contribution is -0.146. The van der Waals surface area contributed by atoms with E-state index in [4.69, 9.17) is 4.74 Å². The third-order valence-corrected chi connectivity index (χ3v) is 5.15. The van der Waals surface area contributed by atoms with Crippen LogP contribution in [0.1, 0.15) is 17.5 Å². The van der Waals surface area contributed by atoms with Gasteiger partial charge in [0.2, 0.25) is 0 Å². The Morgan fingerprint density at radius 3 is 2.32 bits per heavy atom. The van der Waals surface area contributed by atoms with Crippen LogP contribution in [0.25, 0.3) is 10.8 Å². The molecule has 1 heterocycles. The summed E-state index contributed by atoms with van der Waals surface area (Å²) in [6.45, 7) is 0. The highest BCUT2D eigenvalue weighted by molar-refractivity contribution is 6.22. The second kappa shape index (κ2) is 7.77. The molecular formula is C24H20O4. The molecule has 0 saturated carbocycles. The average Bonchev–Trinajstić information content (AvgIpc) is 3.00. The molecule has 1 fully saturated rings. The van der Waals surface area contributed by atoms with Gasteiger partial charge >= 0.3 is 5.97 Å². The van der Waals surface area contributed by atoms with E-state index in [2.05, 4.69) is 0 Å². The summed E-state index contributed by atoms with van der Waals surface area (Å²) < 4.78 is 5.23. The molecule has 3 aromatic carbocycles. The molecule has 4 nitrogen and oxygen atoms in total. The number of rotatable bonds is 6. The summed E-state index contributed by atoms with van der Waals surface area (Å²) in [4.78, 5) is 37.5. The van der Waals surface area contributed by atoms with Gasteiger partial charge in [-0.25, -0.2) is 0 Å². The van der Waals surface area contributed by atoms with Crippen LogP contribution in [-0.2, 0) is 32.0 Å². The predicted octanol–water partition coefficient (Wildman–Crippen LogP) is 3.69. The van der Waals surface area contributed by atoms with E-state index in [0.29, 0.717) is 12.8 Å². The Labute approximate surface area is 163 Å². The summed E-state index contributed by atoms with van der Waals surface area (Å²) in [6.07, 6.45) is 0.227. The SMILES string of the molecule is O=C(Cc1ccc2ccccc2c1)C1C(=O)OC(CCc2ccccc2)C1=O. The van der Waals surface area contributed by atoms with Gasteiger partial charge in [-0.3, -0.25) is 14.4 Å². The van der Waals surface area contributed by atoms with Gasteiger partial charge in [0.05, 0.1) is 0 Å². The first kappa shape index (κ1) is 18.1. The van der Waals surface area contributed by atoms with Crippen molar-refractivity contribution in [2.75, 3.05) is 0 Å². The maximum absolute atomic E-state index is 12.7. The van der Waals surface area contributed by atoms with Gasteiger partial charge < -0.3 is 4.74 Å². The van der Waals surface area contributed by atoms with Gasteiger partial charge in [-0.2, -0.15) is 0 Å². The number of hydrogen-bond acceptors (Lipinski definition) is 4. The van der Waals surface area contributed by atoms with E-state index >= 15 is 0 Å². The maximum Gasteiger partial charge on any atom is 0.325 e. The number of esters is 1. The number of hydrogen-bond donors (Lipinski definition) is 0. The molecule has 1 aliphatic heterocycles. The van der Waals surface area contributed by atoms with Gasteiger partial charge in [-0.15, -0.1) is 0 Å². The van der Waals surface area contributed by atoms with Crippen LogP contribution < -0.4 is 0 Å². The molecule has 2 atom stereocenters. The Kier molecular flexibility index (Phi) is 5.02. The van der Waals surface area contributed by atoms with Crippen molar-refractivity contribution in [3.63, 3.8) is 0 Å². The van der Waals surface area contributed by atoms with Crippen molar-refractivity contribution in [2.24, 2.45) is 5.92 Å². The van der Waals surface area contributed by atoms with Gasteiger partial charge in [0, 0.05) is 6.42 Å². The minimum Gasteiger partial charge on any atom is -0.453 e. The number of ketones is 2. The van der Waals surface area contributed by atoms with E-state index < -0.39 is 29.6 Å². The monoisotopic (exact) mass is 372 g/mol. The first-order valence-corrected chi connectivity index (χ1v) is 9.40. The standard InChI is InChI=1S/C24H20O4/c25-20(15-17-10-12-18-8-4-5-9-19(18)14-17)22-23(26)21(28-24(22)27)13-11-16-6-2-1-3-7-16/h1-10,12,14,21-22H,11,13,15H2.